The van der Waals surface area contributed by atoms with Gasteiger partial charge in [-0.25, -0.2) is 0 Å². The Morgan fingerprint density at radius 3 is 2.83 bits per heavy atom. The third-order valence-corrected chi connectivity index (χ3v) is 3.32. The second-order valence-electron chi connectivity index (χ2n) is 4.83. The minimum absolute atomic E-state index is 1.05. The zero-order valence-corrected chi connectivity index (χ0v) is 11.2. The molecule has 98 valence electrons. The van der Waals surface area contributed by atoms with Crippen LogP contribution in [-0.2, 0) is 0 Å². The Kier molecular flexibility index (Phi) is 5.06. The van der Waals surface area contributed by atoms with Gasteiger partial charge in [0.15, 0.2) is 0 Å². The predicted octanol–water partition coefficient (Wildman–Crippen LogP) is 4.34. The van der Waals surface area contributed by atoms with Gasteiger partial charge in [0, 0.05) is 11.9 Å². The highest BCUT2D eigenvalue weighted by molar-refractivity contribution is 5.89. The highest BCUT2D eigenvalue weighted by Crippen LogP contribution is 2.20. The van der Waals surface area contributed by atoms with Crippen LogP contribution in [0.3, 0.4) is 0 Å². The number of rotatable bonds is 8. The molecule has 1 heterocycles. The minimum atomic E-state index is 1.05. The van der Waals surface area contributed by atoms with Crippen molar-refractivity contribution < 1.29 is 0 Å². The summed E-state index contributed by atoms with van der Waals surface area (Å²) < 4.78 is 0. The zero-order chi connectivity index (χ0) is 12.6. The first-order valence-electron chi connectivity index (χ1n) is 7.08. The van der Waals surface area contributed by atoms with Crippen molar-refractivity contribution in [2.45, 2.75) is 45.4 Å². The molecule has 2 N–H and O–H groups in total. The van der Waals surface area contributed by atoms with Crippen molar-refractivity contribution in [2.24, 2.45) is 0 Å². The van der Waals surface area contributed by atoms with Crippen molar-refractivity contribution in [3.8, 4) is 0 Å². The van der Waals surface area contributed by atoms with Crippen molar-refractivity contribution in [2.75, 3.05) is 11.9 Å². The maximum absolute atomic E-state index is 4.08. The van der Waals surface area contributed by atoms with E-state index in [2.05, 4.69) is 40.6 Å². The molecular formula is C15H23N3. The van der Waals surface area contributed by atoms with Crippen LogP contribution in [0.4, 0.5) is 5.69 Å². The number of nitrogens with one attached hydrogen (secondary N) is 2. The van der Waals surface area contributed by atoms with Crippen LogP contribution in [0.15, 0.2) is 24.4 Å². The largest absolute Gasteiger partial charge is 0.383 e. The molecule has 3 heteroatoms. The number of fused-ring (bicyclic) bond motifs is 1. The summed E-state index contributed by atoms with van der Waals surface area (Å²) in [5, 5.41) is 11.8. The first kappa shape index (κ1) is 12.9. The van der Waals surface area contributed by atoms with Gasteiger partial charge < -0.3 is 5.32 Å². The van der Waals surface area contributed by atoms with Gasteiger partial charge in [0.05, 0.1) is 17.4 Å². The van der Waals surface area contributed by atoms with Crippen LogP contribution in [0.25, 0.3) is 10.9 Å². The van der Waals surface area contributed by atoms with Crippen molar-refractivity contribution >= 4 is 16.6 Å². The number of unbranched alkanes of at least 4 members (excludes halogenated alkanes) is 5. The standard InChI is InChI=1S/C15H23N3/c1-2-3-4-5-6-7-11-16-14-10-8-9-13-12-17-18-15(13)14/h8-10,12,16H,2-7,11H2,1H3,(H,17,18). The molecule has 0 bridgehead atoms. The first-order valence-corrected chi connectivity index (χ1v) is 7.08. The molecule has 0 fully saturated rings. The normalized spacial score (nSPS) is 10.9. The molecule has 0 aliphatic heterocycles. The van der Waals surface area contributed by atoms with E-state index in [-0.39, 0.29) is 0 Å². The smallest absolute Gasteiger partial charge is 0.0881 e. The fourth-order valence-electron chi connectivity index (χ4n) is 2.24. The third-order valence-electron chi connectivity index (χ3n) is 3.32. The fraction of sp³-hybridized carbons (Fsp3) is 0.533. The summed E-state index contributed by atoms with van der Waals surface area (Å²) in [5.41, 5.74) is 2.28. The zero-order valence-electron chi connectivity index (χ0n) is 11.2. The van der Waals surface area contributed by atoms with E-state index in [0.717, 1.165) is 12.1 Å². The summed E-state index contributed by atoms with van der Waals surface area (Å²) in [7, 11) is 0. The Morgan fingerprint density at radius 1 is 1.11 bits per heavy atom. The summed E-state index contributed by atoms with van der Waals surface area (Å²) in [4.78, 5) is 0. The molecule has 3 nitrogen and oxygen atoms in total. The molecule has 2 rings (SSSR count). The Balaban J connectivity index is 1.72. The molecule has 0 atom stereocenters. The molecule has 0 aliphatic rings. The molecule has 2 aromatic rings. The van der Waals surface area contributed by atoms with Gasteiger partial charge in [0.1, 0.15) is 0 Å². The number of aromatic amines is 1. The fourth-order valence-corrected chi connectivity index (χ4v) is 2.24. The second-order valence-corrected chi connectivity index (χ2v) is 4.83. The SMILES string of the molecule is CCCCCCCCNc1cccc2cn[nH]c12. The molecule has 18 heavy (non-hydrogen) atoms. The van der Waals surface area contributed by atoms with Crippen molar-refractivity contribution in [1.29, 1.82) is 0 Å². The number of aromatic nitrogens is 2. The first-order chi connectivity index (χ1) is 8.92. The monoisotopic (exact) mass is 245 g/mol. The van der Waals surface area contributed by atoms with E-state index in [4.69, 9.17) is 0 Å². The second kappa shape index (κ2) is 7.04. The van der Waals surface area contributed by atoms with Crippen LogP contribution in [-0.4, -0.2) is 16.7 Å². The summed E-state index contributed by atoms with van der Waals surface area (Å²) in [6.07, 6.45) is 9.88. The Hall–Kier alpha value is -1.51. The highest BCUT2D eigenvalue weighted by Gasteiger charge is 2.00. The summed E-state index contributed by atoms with van der Waals surface area (Å²) >= 11 is 0. The van der Waals surface area contributed by atoms with Gasteiger partial charge in [-0.1, -0.05) is 51.2 Å². The van der Waals surface area contributed by atoms with Gasteiger partial charge in [-0.2, -0.15) is 5.10 Å². The lowest BCUT2D eigenvalue weighted by atomic mass is 10.1. The lowest BCUT2D eigenvalue weighted by Crippen LogP contribution is -2.01. The minimum Gasteiger partial charge on any atom is -0.383 e. The van der Waals surface area contributed by atoms with E-state index in [1.165, 1.54) is 49.6 Å². The average molecular weight is 245 g/mol. The molecule has 0 saturated heterocycles. The Morgan fingerprint density at radius 2 is 1.94 bits per heavy atom. The van der Waals surface area contributed by atoms with E-state index >= 15 is 0 Å². The van der Waals surface area contributed by atoms with E-state index in [1.807, 2.05) is 6.20 Å². The molecule has 0 saturated carbocycles. The van der Waals surface area contributed by atoms with Crippen LogP contribution in [0, 0.1) is 0 Å². The molecule has 1 aromatic heterocycles. The number of H-pyrrole nitrogens is 1. The van der Waals surface area contributed by atoms with Crippen LogP contribution >= 0.6 is 0 Å². The lowest BCUT2D eigenvalue weighted by molar-refractivity contribution is 0.617. The summed E-state index contributed by atoms with van der Waals surface area (Å²) in [6.45, 7) is 3.30. The number of hydrogen-bond acceptors (Lipinski definition) is 2. The number of para-hydroxylation sites is 1. The molecule has 0 unspecified atom stereocenters. The number of hydrogen-bond donors (Lipinski definition) is 2. The third kappa shape index (κ3) is 3.49. The lowest BCUT2D eigenvalue weighted by Gasteiger charge is -2.07. The quantitative estimate of drug-likeness (QED) is 0.679. The maximum Gasteiger partial charge on any atom is 0.0881 e. The van der Waals surface area contributed by atoms with Crippen LogP contribution in [0.5, 0.6) is 0 Å². The van der Waals surface area contributed by atoms with Gasteiger partial charge in [-0.3, -0.25) is 5.10 Å². The van der Waals surface area contributed by atoms with E-state index in [1.54, 1.807) is 0 Å². The van der Waals surface area contributed by atoms with Crippen molar-refractivity contribution in [3.63, 3.8) is 0 Å². The van der Waals surface area contributed by atoms with Gasteiger partial charge in [-0.05, 0) is 12.5 Å². The number of anilines is 1. The molecule has 1 aromatic carbocycles. The van der Waals surface area contributed by atoms with E-state index in [9.17, 15) is 0 Å². The maximum atomic E-state index is 4.08. The molecule has 0 spiro atoms. The van der Waals surface area contributed by atoms with Crippen LogP contribution < -0.4 is 5.32 Å². The Labute approximate surface area is 109 Å². The van der Waals surface area contributed by atoms with Gasteiger partial charge in [0.25, 0.3) is 0 Å². The van der Waals surface area contributed by atoms with Crippen molar-refractivity contribution in [3.05, 3.63) is 24.4 Å². The highest BCUT2D eigenvalue weighted by atomic mass is 15.1. The van der Waals surface area contributed by atoms with Gasteiger partial charge in [-0.15, -0.1) is 0 Å². The molecule has 0 aliphatic carbocycles. The Bertz CT molecular complexity index is 461. The van der Waals surface area contributed by atoms with Crippen LogP contribution in [0.2, 0.25) is 0 Å². The predicted molar refractivity (Wildman–Crippen MR) is 78.0 cm³/mol. The topological polar surface area (TPSA) is 40.7 Å². The summed E-state index contributed by atoms with van der Waals surface area (Å²) in [5.74, 6) is 0. The number of benzene rings is 1. The average Bonchev–Trinajstić information content (AvgIpc) is 2.86. The van der Waals surface area contributed by atoms with Gasteiger partial charge >= 0.3 is 0 Å². The van der Waals surface area contributed by atoms with E-state index in [0.29, 0.717) is 0 Å². The van der Waals surface area contributed by atoms with Gasteiger partial charge in [0.2, 0.25) is 0 Å². The molecular weight excluding hydrogens is 222 g/mol. The van der Waals surface area contributed by atoms with E-state index < -0.39 is 0 Å². The molecule has 0 amide bonds. The van der Waals surface area contributed by atoms with Crippen molar-refractivity contribution in [1.82, 2.24) is 10.2 Å². The summed E-state index contributed by atoms with van der Waals surface area (Å²) in [6, 6.07) is 6.26. The number of nitrogens with zero attached hydrogens (tertiary/aromatic N) is 1. The molecule has 0 radical (unpaired) electrons. The van der Waals surface area contributed by atoms with Crippen LogP contribution in [0.1, 0.15) is 45.4 Å².